The van der Waals surface area contributed by atoms with Crippen molar-refractivity contribution in [3.05, 3.63) is 40.9 Å². The van der Waals surface area contributed by atoms with Gasteiger partial charge in [-0.25, -0.2) is 0 Å². The molecule has 0 saturated carbocycles. The van der Waals surface area contributed by atoms with Gasteiger partial charge in [0.25, 0.3) is 0 Å². The molecule has 1 unspecified atom stereocenters. The molecule has 0 bridgehead atoms. The Hall–Kier alpha value is -1.39. The van der Waals surface area contributed by atoms with Crippen LogP contribution in [0.4, 0.5) is 5.69 Å². The number of anilines is 1. The molecule has 3 rings (SSSR count). The second kappa shape index (κ2) is 6.58. The third-order valence-corrected chi connectivity index (χ3v) is 4.45. The second-order valence-electron chi connectivity index (χ2n) is 5.67. The molecule has 1 aliphatic heterocycles. The summed E-state index contributed by atoms with van der Waals surface area (Å²) in [6.45, 7) is 2.04. The minimum Gasteiger partial charge on any atom is -0.326 e. The fourth-order valence-corrected chi connectivity index (χ4v) is 3.25. The van der Waals surface area contributed by atoms with Gasteiger partial charge in [0.1, 0.15) is 0 Å². The molecule has 2 aromatic rings. The fourth-order valence-electron chi connectivity index (χ4n) is 2.87. The number of carbonyl (C=O) groups excluding carboxylic acids is 1. The molecule has 0 radical (unpaired) electrons. The van der Waals surface area contributed by atoms with Crippen molar-refractivity contribution in [3.63, 3.8) is 0 Å². The van der Waals surface area contributed by atoms with Crippen LogP contribution in [-0.4, -0.2) is 19.0 Å². The molecule has 1 aliphatic rings. The molecule has 1 amide bonds. The van der Waals surface area contributed by atoms with Crippen LogP contribution in [0.15, 0.2) is 40.9 Å². The average molecular weight is 347 g/mol. The molecular formula is C17H19BrN2O. The van der Waals surface area contributed by atoms with E-state index in [0.29, 0.717) is 12.3 Å². The lowest BCUT2D eigenvalue weighted by Crippen LogP contribution is -2.32. The molecule has 1 heterocycles. The van der Waals surface area contributed by atoms with Gasteiger partial charge in [-0.2, -0.15) is 0 Å². The van der Waals surface area contributed by atoms with Gasteiger partial charge in [-0.05, 0) is 66.9 Å². The zero-order valence-corrected chi connectivity index (χ0v) is 13.4. The summed E-state index contributed by atoms with van der Waals surface area (Å²) in [4.78, 5) is 12.1. The Morgan fingerprint density at radius 2 is 2.05 bits per heavy atom. The van der Waals surface area contributed by atoms with Crippen molar-refractivity contribution >= 4 is 38.3 Å². The van der Waals surface area contributed by atoms with Crippen molar-refractivity contribution in [1.29, 1.82) is 0 Å². The quantitative estimate of drug-likeness (QED) is 0.883. The van der Waals surface area contributed by atoms with Gasteiger partial charge in [-0.1, -0.05) is 28.1 Å². The smallest absolute Gasteiger partial charge is 0.224 e. The minimum atomic E-state index is 0.111. The summed E-state index contributed by atoms with van der Waals surface area (Å²) in [5.41, 5.74) is 0.874. The number of hydrogen-bond acceptors (Lipinski definition) is 2. The lowest BCUT2D eigenvalue weighted by Gasteiger charge is -2.22. The van der Waals surface area contributed by atoms with Gasteiger partial charge < -0.3 is 10.6 Å². The predicted octanol–water partition coefficient (Wildman–Crippen LogP) is 3.93. The summed E-state index contributed by atoms with van der Waals surface area (Å²) in [5, 5.41) is 8.67. The molecule has 0 aromatic heterocycles. The number of amides is 1. The van der Waals surface area contributed by atoms with Gasteiger partial charge in [0, 0.05) is 16.6 Å². The minimum absolute atomic E-state index is 0.111. The molecule has 0 aliphatic carbocycles. The highest BCUT2D eigenvalue weighted by molar-refractivity contribution is 9.10. The van der Waals surface area contributed by atoms with Crippen LogP contribution >= 0.6 is 15.9 Å². The van der Waals surface area contributed by atoms with Crippen LogP contribution in [0, 0.1) is 5.92 Å². The zero-order valence-electron chi connectivity index (χ0n) is 11.9. The second-order valence-corrected chi connectivity index (χ2v) is 6.59. The van der Waals surface area contributed by atoms with Crippen LogP contribution in [-0.2, 0) is 4.79 Å². The third-order valence-electron chi connectivity index (χ3n) is 3.96. The first-order valence-corrected chi connectivity index (χ1v) is 8.20. The van der Waals surface area contributed by atoms with E-state index < -0.39 is 0 Å². The van der Waals surface area contributed by atoms with Gasteiger partial charge in [0.2, 0.25) is 5.91 Å². The zero-order chi connectivity index (χ0) is 14.7. The summed E-state index contributed by atoms with van der Waals surface area (Å²) >= 11 is 3.47. The van der Waals surface area contributed by atoms with E-state index in [-0.39, 0.29) is 5.91 Å². The van der Waals surface area contributed by atoms with E-state index in [9.17, 15) is 4.79 Å². The molecule has 4 heteroatoms. The highest BCUT2D eigenvalue weighted by Crippen LogP contribution is 2.23. The Bertz CT molecular complexity index is 650. The Morgan fingerprint density at radius 3 is 2.86 bits per heavy atom. The molecular weight excluding hydrogens is 328 g/mol. The fraction of sp³-hybridized carbons (Fsp3) is 0.353. The van der Waals surface area contributed by atoms with E-state index in [1.807, 2.05) is 24.3 Å². The van der Waals surface area contributed by atoms with Crippen molar-refractivity contribution in [1.82, 2.24) is 5.32 Å². The maximum Gasteiger partial charge on any atom is 0.224 e. The molecule has 21 heavy (non-hydrogen) atoms. The van der Waals surface area contributed by atoms with Crippen molar-refractivity contribution in [2.24, 2.45) is 5.92 Å². The average Bonchev–Trinajstić information content (AvgIpc) is 2.48. The van der Waals surface area contributed by atoms with E-state index in [1.54, 1.807) is 0 Å². The molecule has 1 fully saturated rings. The number of hydrogen-bond donors (Lipinski definition) is 2. The number of nitrogens with one attached hydrogen (secondary N) is 2. The normalized spacial score (nSPS) is 18.6. The van der Waals surface area contributed by atoms with Gasteiger partial charge >= 0.3 is 0 Å². The molecule has 2 aromatic carbocycles. The van der Waals surface area contributed by atoms with Gasteiger partial charge in [0.15, 0.2) is 0 Å². The number of benzene rings is 2. The number of rotatable bonds is 3. The van der Waals surface area contributed by atoms with Crippen molar-refractivity contribution in [3.8, 4) is 0 Å². The molecule has 0 spiro atoms. The van der Waals surface area contributed by atoms with E-state index in [1.165, 1.54) is 11.8 Å². The molecule has 1 saturated heterocycles. The number of fused-ring (bicyclic) bond motifs is 1. The molecule has 110 valence electrons. The first-order chi connectivity index (χ1) is 10.2. The van der Waals surface area contributed by atoms with Gasteiger partial charge in [-0.3, -0.25) is 4.79 Å². The lowest BCUT2D eigenvalue weighted by atomic mass is 9.96. The highest BCUT2D eigenvalue weighted by Gasteiger charge is 2.16. The Balaban J connectivity index is 1.66. The monoisotopic (exact) mass is 346 g/mol. The topological polar surface area (TPSA) is 41.1 Å². The SMILES string of the molecule is O=C(CC1CCCNC1)Nc1ccc2cc(Br)ccc2c1. The first-order valence-electron chi connectivity index (χ1n) is 7.40. The Morgan fingerprint density at radius 1 is 1.24 bits per heavy atom. The Kier molecular flexibility index (Phi) is 4.56. The third kappa shape index (κ3) is 3.83. The van der Waals surface area contributed by atoms with E-state index in [4.69, 9.17) is 0 Å². The summed E-state index contributed by atoms with van der Waals surface area (Å²) in [6, 6.07) is 12.2. The molecule has 3 nitrogen and oxygen atoms in total. The Labute approximate surface area is 133 Å². The summed E-state index contributed by atoms with van der Waals surface area (Å²) in [6.07, 6.45) is 2.92. The van der Waals surface area contributed by atoms with Crippen LogP contribution in [0.25, 0.3) is 10.8 Å². The van der Waals surface area contributed by atoms with E-state index >= 15 is 0 Å². The summed E-state index contributed by atoms with van der Waals surface area (Å²) in [7, 11) is 0. The van der Waals surface area contributed by atoms with Crippen LogP contribution < -0.4 is 10.6 Å². The van der Waals surface area contributed by atoms with Crippen molar-refractivity contribution in [2.75, 3.05) is 18.4 Å². The molecule has 2 N–H and O–H groups in total. The van der Waals surface area contributed by atoms with Crippen LogP contribution in [0.5, 0.6) is 0 Å². The standard InChI is InChI=1S/C17H19BrN2O/c18-15-5-3-14-10-16(6-4-13(14)9-15)20-17(21)8-12-2-1-7-19-11-12/h3-6,9-10,12,19H,1-2,7-8,11H2,(H,20,21). The largest absolute Gasteiger partial charge is 0.326 e. The van der Waals surface area contributed by atoms with E-state index in [2.05, 4.69) is 38.7 Å². The van der Waals surface area contributed by atoms with Gasteiger partial charge in [-0.15, -0.1) is 0 Å². The van der Waals surface area contributed by atoms with E-state index in [0.717, 1.165) is 35.1 Å². The number of halogens is 1. The number of piperidine rings is 1. The van der Waals surface area contributed by atoms with Gasteiger partial charge in [0.05, 0.1) is 0 Å². The van der Waals surface area contributed by atoms with Crippen LogP contribution in [0.3, 0.4) is 0 Å². The van der Waals surface area contributed by atoms with Crippen LogP contribution in [0.2, 0.25) is 0 Å². The maximum atomic E-state index is 12.1. The highest BCUT2D eigenvalue weighted by atomic mass is 79.9. The van der Waals surface area contributed by atoms with Crippen molar-refractivity contribution < 1.29 is 4.79 Å². The van der Waals surface area contributed by atoms with Crippen molar-refractivity contribution in [2.45, 2.75) is 19.3 Å². The first kappa shape index (κ1) is 14.5. The lowest BCUT2D eigenvalue weighted by molar-refractivity contribution is -0.117. The number of carbonyl (C=O) groups is 1. The summed E-state index contributed by atoms with van der Waals surface area (Å²) in [5.74, 6) is 0.579. The maximum absolute atomic E-state index is 12.1. The molecule has 1 atom stereocenters. The summed E-state index contributed by atoms with van der Waals surface area (Å²) < 4.78 is 1.07. The predicted molar refractivity (Wildman–Crippen MR) is 90.5 cm³/mol. The van der Waals surface area contributed by atoms with Crippen LogP contribution in [0.1, 0.15) is 19.3 Å².